The smallest absolute Gasteiger partial charge is 0.161 e. The molecule has 1 spiro atoms. The molecule has 1 aromatic rings. The molecule has 0 unspecified atom stereocenters. The van der Waals surface area contributed by atoms with Crippen LogP contribution in [0.1, 0.15) is 18.4 Å². The van der Waals surface area contributed by atoms with Crippen molar-refractivity contribution < 1.29 is 4.74 Å². The van der Waals surface area contributed by atoms with Crippen LogP contribution in [0, 0.1) is 6.92 Å². The highest BCUT2D eigenvalue weighted by Crippen LogP contribution is 2.37. The number of benzene rings is 1. The van der Waals surface area contributed by atoms with Gasteiger partial charge in [0, 0.05) is 23.4 Å². The molecule has 0 radical (unpaired) electrons. The lowest BCUT2D eigenvalue weighted by molar-refractivity contribution is 0.0624. The second-order valence-corrected chi connectivity index (χ2v) is 6.97. The summed E-state index contributed by atoms with van der Waals surface area (Å²) in [5.74, 6) is 1.07. The topological polar surface area (TPSA) is 33.6 Å². The van der Waals surface area contributed by atoms with Gasteiger partial charge >= 0.3 is 0 Å². The Hall–Kier alpha value is -0.520. The van der Waals surface area contributed by atoms with Crippen LogP contribution in [-0.2, 0) is 4.74 Å². The lowest BCUT2D eigenvalue weighted by atomic mass is 9.93. The molecule has 19 heavy (non-hydrogen) atoms. The van der Waals surface area contributed by atoms with Crippen LogP contribution in [0.5, 0.6) is 0 Å². The van der Waals surface area contributed by atoms with E-state index in [1.165, 1.54) is 5.56 Å². The van der Waals surface area contributed by atoms with Gasteiger partial charge < -0.3 is 10.1 Å². The van der Waals surface area contributed by atoms with E-state index < -0.39 is 0 Å². The average molecular weight is 341 g/mol. The summed E-state index contributed by atoms with van der Waals surface area (Å²) >= 11 is 5.40. The maximum atomic E-state index is 5.44. The van der Waals surface area contributed by atoms with Crippen molar-refractivity contribution in [1.29, 1.82) is 0 Å². The zero-order chi connectivity index (χ0) is 13.3. The van der Waals surface area contributed by atoms with Crippen molar-refractivity contribution >= 4 is 38.5 Å². The second kappa shape index (κ2) is 5.46. The molecular weight excluding hydrogens is 324 g/mol. The number of halogens is 1. The minimum absolute atomic E-state index is 0.113. The maximum Gasteiger partial charge on any atom is 0.161 e. The van der Waals surface area contributed by atoms with Crippen LogP contribution < -0.4 is 5.32 Å². The first-order chi connectivity index (χ1) is 9.17. The summed E-state index contributed by atoms with van der Waals surface area (Å²) in [6, 6.07) is 6.31. The number of ether oxygens (including phenoxy) is 1. The molecule has 102 valence electrons. The van der Waals surface area contributed by atoms with Crippen LogP contribution in [0.3, 0.4) is 0 Å². The predicted molar refractivity (Wildman–Crippen MR) is 85.2 cm³/mol. The first kappa shape index (κ1) is 13.5. The standard InChI is InChI=1S/C14H17BrN2OS/c1-10-2-3-11(15)12(8-10)16-13-17-14(9-19-13)4-6-18-7-5-14/h2-3,8H,4-7,9H2,1H3,(H,16,17). The third kappa shape index (κ3) is 2.98. The number of rotatable bonds is 1. The fourth-order valence-corrected chi connectivity index (χ4v) is 3.95. The van der Waals surface area contributed by atoms with E-state index in [-0.39, 0.29) is 5.54 Å². The second-order valence-electron chi connectivity index (χ2n) is 5.15. The molecule has 1 aromatic carbocycles. The van der Waals surface area contributed by atoms with Gasteiger partial charge in [0.2, 0.25) is 0 Å². The number of thioether (sulfide) groups is 1. The Kier molecular flexibility index (Phi) is 3.87. The van der Waals surface area contributed by atoms with Gasteiger partial charge in [-0.2, -0.15) is 0 Å². The summed E-state index contributed by atoms with van der Waals surface area (Å²) in [7, 11) is 0. The van der Waals surface area contributed by atoms with E-state index >= 15 is 0 Å². The van der Waals surface area contributed by atoms with E-state index in [4.69, 9.17) is 9.73 Å². The molecule has 1 saturated heterocycles. The highest BCUT2D eigenvalue weighted by molar-refractivity contribution is 9.10. The number of anilines is 1. The molecule has 3 rings (SSSR count). The molecule has 5 heteroatoms. The quantitative estimate of drug-likeness (QED) is 0.843. The van der Waals surface area contributed by atoms with E-state index in [1.807, 2.05) is 11.8 Å². The number of nitrogens with zero attached hydrogens (tertiary/aromatic N) is 1. The third-order valence-electron chi connectivity index (χ3n) is 3.60. The molecule has 0 amide bonds. The zero-order valence-corrected chi connectivity index (χ0v) is 13.3. The van der Waals surface area contributed by atoms with Gasteiger partial charge in [-0.1, -0.05) is 17.8 Å². The molecule has 3 nitrogen and oxygen atoms in total. The highest BCUT2D eigenvalue weighted by atomic mass is 79.9. The van der Waals surface area contributed by atoms with E-state index in [2.05, 4.69) is 46.4 Å². The van der Waals surface area contributed by atoms with Gasteiger partial charge in [-0.05, 0) is 53.4 Å². The van der Waals surface area contributed by atoms with Crippen molar-refractivity contribution in [3.05, 3.63) is 28.2 Å². The maximum absolute atomic E-state index is 5.44. The Morgan fingerprint density at radius 3 is 2.95 bits per heavy atom. The lowest BCUT2D eigenvalue weighted by Gasteiger charge is -2.29. The molecule has 0 atom stereocenters. The number of nitrogens with one attached hydrogen (secondary N) is 1. The summed E-state index contributed by atoms with van der Waals surface area (Å²) in [6.45, 7) is 3.78. The minimum Gasteiger partial charge on any atom is -0.381 e. The van der Waals surface area contributed by atoms with Crippen LogP contribution in [0.2, 0.25) is 0 Å². The number of amidine groups is 1. The van der Waals surface area contributed by atoms with Crippen molar-refractivity contribution in [2.75, 3.05) is 24.3 Å². The number of aliphatic imine (C=N–C) groups is 1. The summed E-state index contributed by atoms with van der Waals surface area (Å²) < 4.78 is 6.52. The van der Waals surface area contributed by atoms with Gasteiger partial charge in [0.1, 0.15) is 0 Å². The molecule has 0 saturated carbocycles. The fraction of sp³-hybridized carbons (Fsp3) is 0.500. The van der Waals surface area contributed by atoms with Crippen molar-refractivity contribution in [3.63, 3.8) is 0 Å². The predicted octanol–water partition coefficient (Wildman–Crippen LogP) is 3.82. The lowest BCUT2D eigenvalue weighted by Crippen LogP contribution is -2.34. The van der Waals surface area contributed by atoms with E-state index in [0.717, 1.165) is 47.1 Å². The van der Waals surface area contributed by atoms with Gasteiger partial charge in [-0.25, -0.2) is 0 Å². The number of hydrogen-bond acceptors (Lipinski definition) is 4. The van der Waals surface area contributed by atoms with Crippen molar-refractivity contribution in [1.82, 2.24) is 0 Å². The molecule has 0 aromatic heterocycles. The molecule has 2 aliphatic rings. The SMILES string of the molecule is Cc1ccc(Br)c(NC2=NC3(CCOCC3)CS2)c1. The molecule has 0 aliphatic carbocycles. The normalized spacial score (nSPS) is 21.5. The van der Waals surface area contributed by atoms with Crippen molar-refractivity contribution in [2.24, 2.45) is 4.99 Å². The molecule has 1 fully saturated rings. The first-order valence-corrected chi connectivity index (χ1v) is 8.28. The Balaban J connectivity index is 1.77. The minimum atomic E-state index is 0.113. The number of aryl methyl sites for hydroxylation is 1. The van der Waals surface area contributed by atoms with Crippen molar-refractivity contribution in [3.8, 4) is 0 Å². The van der Waals surface area contributed by atoms with Gasteiger partial charge in [-0.15, -0.1) is 0 Å². The Bertz CT molecular complexity index is 512. The average Bonchev–Trinajstić information content (AvgIpc) is 2.78. The zero-order valence-electron chi connectivity index (χ0n) is 10.9. The van der Waals surface area contributed by atoms with Gasteiger partial charge in [0.15, 0.2) is 5.17 Å². The van der Waals surface area contributed by atoms with Crippen molar-refractivity contribution in [2.45, 2.75) is 25.3 Å². The monoisotopic (exact) mass is 340 g/mol. The summed E-state index contributed by atoms with van der Waals surface area (Å²) in [5.41, 5.74) is 2.45. The first-order valence-electron chi connectivity index (χ1n) is 6.51. The van der Waals surface area contributed by atoms with Gasteiger partial charge in [0.05, 0.1) is 11.2 Å². The summed E-state index contributed by atoms with van der Waals surface area (Å²) in [6.07, 6.45) is 2.08. The molecule has 1 N–H and O–H groups in total. The van der Waals surface area contributed by atoms with Crippen LogP contribution in [-0.4, -0.2) is 29.7 Å². The largest absolute Gasteiger partial charge is 0.381 e. The number of hydrogen-bond donors (Lipinski definition) is 1. The summed E-state index contributed by atoms with van der Waals surface area (Å²) in [5, 5.41) is 4.48. The molecule has 2 heterocycles. The van der Waals surface area contributed by atoms with Crippen LogP contribution in [0.4, 0.5) is 5.69 Å². The third-order valence-corrected chi connectivity index (χ3v) is 5.44. The van der Waals surface area contributed by atoms with E-state index in [0.29, 0.717) is 0 Å². The highest BCUT2D eigenvalue weighted by Gasteiger charge is 2.37. The van der Waals surface area contributed by atoms with Gasteiger partial charge in [0.25, 0.3) is 0 Å². The Labute approximate surface area is 126 Å². The Morgan fingerprint density at radius 1 is 1.37 bits per heavy atom. The summed E-state index contributed by atoms with van der Waals surface area (Å²) in [4.78, 5) is 4.91. The van der Waals surface area contributed by atoms with Crippen LogP contribution in [0.25, 0.3) is 0 Å². The molecule has 0 bridgehead atoms. The molecular formula is C14H17BrN2OS. The van der Waals surface area contributed by atoms with E-state index in [1.54, 1.807) is 0 Å². The Morgan fingerprint density at radius 2 is 2.16 bits per heavy atom. The molecule has 2 aliphatic heterocycles. The fourth-order valence-electron chi connectivity index (χ4n) is 2.40. The van der Waals surface area contributed by atoms with Crippen LogP contribution >= 0.6 is 27.7 Å². The van der Waals surface area contributed by atoms with E-state index in [9.17, 15) is 0 Å². The van der Waals surface area contributed by atoms with Crippen LogP contribution in [0.15, 0.2) is 27.7 Å². The van der Waals surface area contributed by atoms with Gasteiger partial charge in [-0.3, -0.25) is 4.99 Å².